The quantitative estimate of drug-likeness (QED) is 0.837. The molecule has 0 radical (unpaired) electrons. The first-order chi connectivity index (χ1) is 10.4. The number of aliphatic carboxylic acids is 1. The largest absolute Gasteiger partial charge is 0.481 e. The highest BCUT2D eigenvalue weighted by atomic mass is 35.5. The molecule has 116 valence electrons. The minimum Gasteiger partial charge on any atom is -0.481 e. The molecule has 0 aliphatic heterocycles. The lowest BCUT2D eigenvalue weighted by molar-refractivity contribution is -0.148. The lowest BCUT2D eigenvalue weighted by atomic mass is 9.71. The van der Waals surface area contributed by atoms with Gasteiger partial charge in [0, 0.05) is 11.3 Å². The number of carboxylic acids is 1. The fraction of sp³-hybridized carbons (Fsp3) is 0.294. The van der Waals surface area contributed by atoms with Crippen LogP contribution in [-0.4, -0.2) is 22.4 Å². The molecule has 1 aromatic rings. The predicted molar refractivity (Wildman–Crippen MR) is 85.7 cm³/mol. The lowest BCUT2D eigenvalue weighted by Crippen LogP contribution is -2.44. The van der Waals surface area contributed by atoms with Gasteiger partial charge in [-0.3, -0.25) is 9.59 Å². The summed E-state index contributed by atoms with van der Waals surface area (Å²) in [5, 5.41) is 11.7. The summed E-state index contributed by atoms with van der Waals surface area (Å²) in [5.41, 5.74) is -0.285. The summed E-state index contributed by atoms with van der Waals surface area (Å²) in [6.45, 7) is 3.60. The molecule has 0 spiro atoms. The van der Waals surface area contributed by atoms with Gasteiger partial charge < -0.3 is 10.4 Å². The molecule has 1 aromatic carbocycles. The Bertz CT molecular complexity index is 637. The molecule has 1 amide bonds. The normalized spacial score (nSPS) is 24.0. The molecular formula is C17H18ClNO3. The number of halogens is 1. The van der Waals surface area contributed by atoms with E-state index in [0.29, 0.717) is 11.3 Å². The smallest absolute Gasteiger partial charge is 0.315 e. The van der Waals surface area contributed by atoms with E-state index >= 15 is 0 Å². The van der Waals surface area contributed by atoms with E-state index in [1.54, 1.807) is 56.3 Å². The summed E-state index contributed by atoms with van der Waals surface area (Å²) in [7, 11) is 0. The van der Waals surface area contributed by atoms with E-state index in [9.17, 15) is 14.7 Å². The second kappa shape index (κ2) is 6.36. The Labute approximate surface area is 134 Å². The van der Waals surface area contributed by atoms with Gasteiger partial charge in [-0.25, -0.2) is 0 Å². The first-order valence-corrected chi connectivity index (χ1v) is 7.46. The molecule has 0 saturated carbocycles. The van der Waals surface area contributed by atoms with Crippen LogP contribution in [0.3, 0.4) is 0 Å². The van der Waals surface area contributed by atoms with E-state index < -0.39 is 16.8 Å². The number of carboxylic acid groups (broad SMARTS) is 1. The summed E-state index contributed by atoms with van der Waals surface area (Å²) in [6, 6.07) is 8.75. The van der Waals surface area contributed by atoms with Crippen LogP contribution < -0.4 is 5.32 Å². The summed E-state index contributed by atoms with van der Waals surface area (Å²) in [4.78, 5) is 23.9. The Morgan fingerprint density at radius 3 is 2.45 bits per heavy atom. The van der Waals surface area contributed by atoms with Gasteiger partial charge in [0.1, 0.15) is 5.41 Å². The molecule has 22 heavy (non-hydrogen) atoms. The fourth-order valence-corrected chi connectivity index (χ4v) is 3.00. The van der Waals surface area contributed by atoms with Crippen LogP contribution in [0.2, 0.25) is 0 Å². The van der Waals surface area contributed by atoms with Gasteiger partial charge in [-0.15, -0.1) is 11.6 Å². The highest BCUT2D eigenvalue weighted by Crippen LogP contribution is 2.41. The molecule has 4 nitrogen and oxygen atoms in total. The molecule has 1 aliphatic rings. The first-order valence-electron chi connectivity index (χ1n) is 7.03. The van der Waals surface area contributed by atoms with Crippen molar-refractivity contribution in [2.45, 2.75) is 19.2 Å². The van der Waals surface area contributed by atoms with Crippen LogP contribution in [0.25, 0.3) is 0 Å². The summed E-state index contributed by atoms with van der Waals surface area (Å²) >= 11 is 6.22. The number of carbonyl (C=O) groups is 2. The van der Waals surface area contributed by atoms with Gasteiger partial charge in [-0.05, 0) is 30.2 Å². The second-order valence-electron chi connectivity index (χ2n) is 5.57. The van der Waals surface area contributed by atoms with Crippen molar-refractivity contribution in [1.82, 2.24) is 5.32 Å². The number of rotatable bonds is 4. The average molecular weight is 320 g/mol. The molecule has 2 atom stereocenters. The third kappa shape index (κ3) is 2.92. The molecule has 2 N–H and O–H groups in total. The van der Waals surface area contributed by atoms with Crippen LogP contribution in [0.5, 0.6) is 0 Å². The molecule has 5 heteroatoms. The number of nitrogens with one attached hydrogen (secondary N) is 1. The van der Waals surface area contributed by atoms with Crippen molar-refractivity contribution in [3.8, 4) is 0 Å². The van der Waals surface area contributed by atoms with E-state index in [-0.39, 0.29) is 11.8 Å². The minimum absolute atomic E-state index is 0.221. The van der Waals surface area contributed by atoms with Crippen molar-refractivity contribution >= 4 is 23.5 Å². The van der Waals surface area contributed by atoms with E-state index in [2.05, 4.69) is 5.32 Å². The highest BCUT2D eigenvalue weighted by molar-refractivity contribution is 6.24. The molecule has 0 bridgehead atoms. The predicted octanol–water partition coefficient (Wildman–Crippen LogP) is 3.20. The van der Waals surface area contributed by atoms with Crippen LogP contribution >= 0.6 is 11.6 Å². The Kier molecular flexibility index (Phi) is 4.71. The molecular weight excluding hydrogens is 302 g/mol. The van der Waals surface area contributed by atoms with Gasteiger partial charge in [0.2, 0.25) is 0 Å². The Morgan fingerprint density at radius 1 is 1.27 bits per heavy atom. The summed E-state index contributed by atoms with van der Waals surface area (Å²) < 4.78 is 0. The maximum absolute atomic E-state index is 12.2. The number of allylic oxidation sites excluding steroid dienone is 2. The van der Waals surface area contributed by atoms with E-state index in [0.717, 1.165) is 0 Å². The van der Waals surface area contributed by atoms with Gasteiger partial charge >= 0.3 is 5.97 Å². The zero-order valence-corrected chi connectivity index (χ0v) is 13.2. The van der Waals surface area contributed by atoms with Crippen molar-refractivity contribution in [3.63, 3.8) is 0 Å². The maximum atomic E-state index is 12.2. The number of hydrogen-bond acceptors (Lipinski definition) is 2. The number of amides is 1. The van der Waals surface area contributed by atoms with Gasteiger partial charge in [0.25, 0.3) is 5.91 Å². The van der Waals surface area contributed by atoms with E-state index in [1.807, 2.05) is 6.07 Å². The summed E-state index contributed by atoms with van der Waals surface area (Å²) in [6.07, 6.45) is 4.79. The third-order valence-electron chi connectivity index (χ3n) is 3.92. The van der Waals surface area contributed by atoms with Crippen molar-refractivity contribution in [3.05, 3.63) is 59.8 Å². The van der Waals surface area contributed by atoms with Crippen LogP contribution in [0.15, 0.2) is 54.3 Å². The Morgan fingerprint density at radius 2 is 1.91 bits per heavy atom. The van der Waals surface area contributed by atoms with Crippen LogP contribution in [-0.2, 0) is 4.79 Å². The SMILES string of the molecule is CC(C)C1(C(=O)O)C=C(NC(=O)c2ccccc2)C=CC1Cl. The number of alkyl halides is 1. The van der Waals surface area contributed by atoms with Crippen LogP contribution in [0, 0.1) is 11.3 Å². The monoisotopic (exact) mass is 319 g/mol. The average Bonchev–Trinajstić information content (AvgIpc) is 2.49. The molecule has 0 saturated heterocycles. The summed E-state index contributed by atoms with van der Waals surface area (Å²) in [5.74, 6) is -1.51. The number of carbonyl (C=O) groups excluding carboxylic acids is 1. The van der Waals surface area contributed by atoms with E-state index in [4.69, 9.17) is 11.6 Å². The topological polar surface area (TPSA) is 66.4 Å². The first kappa shape index (κ1) is 16.3. The van der Waals surface area contributed by atoms with Crippen molar-refractivity contribution in [1.29, 1.82) is 0 Å². The molecule has 2 unspecified atom stereocenters. The van der Waals surface area contributed by atoms with Gasteiger partial charge in [-0.1, -0.05) is 38.1 Å². The standard InChI is InChI=1S/C17H18ClNO3/c1-11(2)17(16(21)22)10-13(8-9-14(17)18)19-15(20)12-6-4-3-5-7-12/h3-11,14H,1-2H3,(H,19,20)(H,21,22). The lowest BCUT2D eigenvalue weighted by Gasteiger charge is -2.36. The van der Waals surface area contributed by atoms with Gasteiger partial charge in [-0.2, -0.15) is 0 Å². The zero-order valence-electron chi connectivity index (χ0n) is 12.4. The van der Waals surface area contributed by atoms with Crippen LogP contribution in [0.4, 0.5) is 0 Å². The van der Waals surface area contributed by atoms with E-state index in [1.165, 1.54) is 0 Å². The third-order valence-corrected chi connectivity index (χ3v) is 4.42. The Balaban J connectivity index is 2.30. The zero-order chi connectivity index (χ0) is 16.3. The second-order valence-corrected chi connectivity index (χ2v) is 6.04. The fourth-order valence-electron chi connectivity index (χ4n) is 2.51. The van der Waals surface area contributed by atoms with Crippen molar-refractivity contribution in [2.75, 3.05) is 0 Å². The van der Waals surface area contributed by atoms with Gasteiger partial charge in [0.15, 0.2) is 0 Å². The maximum Gasteiger partial charge on any atom is 0.315 e. The number of benzene rings is 1. The van der Waals surface area contributed by atoms with Gasteiger partial charge in [0.05, 0.1) is 5.38 Å². The highest BCUT2D eigenvalue weighted by Gasteiger charge is 2.47. The molecule has 0 fully saturated rings. The molecule has 0 aromatic heterocycles. The van der Waals surface area contributed by atoms with Crippen LogP contribution in [0.1, 0.15) is 24.2 Å². The van der Waals surface area contributed by atoms with Crippen molar-refractivity contribution in [2.24, 2.45) is 11.3 Å². The molecule has 1 aliphatic carbocycles. The minimum atomic E-state index is -1.24. The number of hydrogen-bond donors (Lipinski definition) is 2. The van der Waals surface area contributed by atoms with Crippen molar-refractivity contribution < 1.29 is 14.7 Å². The molecule has 0 heterocycles. The molecule has 2 rings (SSSR count). The Hall–Kier alpha value is -2.07.